The Bertz CT molecular complexity index is 398. The zero-order valence-electron chi connectivity index (χ0n) is 11.0. The number of anilines is 2. The van der Waals surface area contributed by atoms with Crippen LogP contribution in [0.5, 0.6) is 0 Å². The second-order valence-corrected chi connectivity index (χ2v) is 4.49. The number of hydrazine groups is 1. The Hall–Kier alpha value is -1.40. The lowest BCUT2D eigenvalue weighted by Crippen LogP contribution is -2.28. The quantitative estimate of drug-likeness (QED) is 0.606. The van der Waals surface area contributed by atoms with Gasteiger partial charge in [0.15, 0.2) is 5.82 Å². The van der Waals surface area contributed by atoms with E-state index in [4.69, 9.17) is 10.6 Å². The molecule has 3 N–H and O–H groups in total. The molecule has 1 aromatic heterocycles. The fourth-order valence-corrected chi connectivity index (χ4v) is 2.24. The van der Waals surface area contributed by atoms with Crippen LogP contribution in [-0.4, -0.2) is 29.2 Å². The third-order valence-electron chi connectivity index (χ3n) is 3.19. The summed E-state index contributed by atoms with van der Waals surface area (Å²) in [6.07, 6.45) is 2.41. The molecule has 0 saturated carbocycles. The summed E-state index contributed by atoms with van der Waals surface area (Å²) < 4.78 is 5.35. The lowest BCUT2D eigenvalue weighted by Gasteiger charge is -2.23. The maximum atomic E-state index is 5.45. The van der Waals surface area contributed by atoms with E-state index in [0.717, 1.165) is 12.4 Å². The largest absolute Gasteiger partial charge is 0.374 e. The predicted molar refractivity (Wildman–Crippen MR) is 71.2 cm³/mol. The van der Waals surface area contributed by atoms with Crippen molar-refractivity contribution in [2.75, 3.05) is 23.5 Å². The van der Waals surface area contributed by atoms with Crippen molar-refractivity contribution in [2.45, 2.75) is 39.3 Å². The Morgan fingerprint density at radius 1 is 1.56 bits per heavy atom. The first-order chi connectivity index (χ1) is 8.74. The van der Waals surface area contributed by atoms with E-state index >= 15 is 0 Å². The molecule has 0 aromatic carbocycles. The average Bonchev–Trinajstić information content (AvgIpc) is 2.82. The number of hydrogen-bond acceptors (Lipinski definition) is 6. The number of nitrogens with two attached hydrogens (primary N) is 1. The van der Waals surface area contributed by atoms with Gasteiger partial charge in [-0.15, -0.1) is 0 Å². The smallest absolute Gasteiger partial charge is 0.158 e. The number of aromatic nitrogens is 2. The van der Waals surface area contributed by atoms with Gasteiger partial charge in [-0.1, -0.05) is 0 Å². The van der Waals surface area contributed by atoms with Gasteiger partial charge in [-0.05, 0) is 26.7 Å². The van der Waals surface area contributed by atoms with Crippen LogP contribution in [0.1, 0.15) is 32.5 Å². The third kappa shape index (κ3) is 2.88. The minimum atomic E-state index is 0.418. The highest BCUT2D eigenvalue weighted by Crippen LogP contribution is 2.25. The monoisotopic (exact) mass is 251 g/mol. The van der Waals surface area contributed by atoms with Crippen molar-refractivity contribution in [3.63, 3.8) is 0 Å². The number of hydrogen-bond donors (Lipinski definition) is 2. The summed E-state index contributed by atoms with van der Waals surface area (Å²) in [6, 6.07) is 2.41. The topological polar surface area (TPSA) is 76.3 Å². The van der Waals surface area contributed by atoms with Crippen LogP contribution in [0.4, 0.5) is 11.6 Å². The summed E-state index contributed by atoms with van der Waals surface area (Å²) in [4.78, 5) is 11.1. The van der Waals surface area contributed by atoms with E-state index in [9.17, 15) is 0 Å². The van der Waals surface area contributed by atoms with Gasteiger partial charge in [0.1, 0.15) is 18.2 Å². The van der Waals surface area contributed by atoms with Gasteiger partial charge in [-0.2, -0.15) is 0 Å². The third-order valence-corrected chi connectivity index (χ3v) is 3.19. The predicted octanol–water partition coefficient (Wildman–Crippen LogP) is 1.29. The van der Waals surface area contributed by atoms with Crippen LogP contribution in [0.15, 0.2) is 6.07 Å². The zero-order chi connectivity index (χ0) is 13.0. The number of nitrogen functional groups attached to an aromatic ring is 1. The first-order valence-electron chi connectivity index (χ1n) is 6.43. The van der Waals surface area contributed by atoms with Gasteiger partial charge in [-0.3, -0.25) is 0 Å². The van der Waals surface area contributed by atoms with Gasteiger partial charge in [-0.25, -0.2) is 15.8 Å². The van der Waals surface area contributed by atoms with Crippen molar-refractivity contribution in [3.8, 4) is 0 Å². The Balaban J connectivity index is 2.22. The van der Waals surface area contributed by atoms with Crippen LogP contribution >= 0.6 is 0 Å². The fourth-order valence-electron chi connectivity index (χ4n) is 2.24. The van der Waals surface area contributed by atoms with Crippen molar-refractivity contribution in [3.05, 3.63) is 11.9 Å². The molecule has 6 heteroatoms. The Morgan fingerprint density at radius 3 is 3.00 bits per heavy atom. The number of rotatable bonds is 5. The summed E-state index contributed by atoms with van der Waals surface area (Å²) in [5.74, 6) is 7.68. The van der Waals surface area contributed by atoms with E-state index in [2.05, 4.69) is 27.2 Å². The van der Waals surface area contributed by atoms with Crippen LogP contribution in [0.2, 0.25) is 0 Å². The molecular weight excluding hydrogens is 230 g/mol. The molecule has 1 aromatic rings. The molecule has 0 amide bonds. The lowest BCUT2D eigenvalue weighted by atomic mass is 10.2. The number of ether oxygens (including phenoxy) is 1. The summed E-state index contributed by atoms with van der Waals surface area (Å²) in [5, 5.41) is 0. The summed E-state index contributed by atoms with van der Waals surface area (Å²) in [7, 11) is 0. The molecule has 1 atom stereocenters. The SMILES string of the molecule is CCOCc1nc(NN)cc(N2CCCC2C)n1. The molecular formula is C12H21N5O. The number of nitrogens with zero attached hydrogens (tertiary/aromatic N) is 3. The molecule has 0 bridgehead atoms. The molecule has 1 fully saturated rings. The van der Waals surface area contributed by atoms with Crippen molar-refractivity contribution in [1.29, 1.82) is 0 Å². The standard InChI is InChI=1S/C12H21N5O/c1-3-18-8-11-14-10(16-13)7-12(15-11)17-6-4-5-9(17)2/h7,9H,3-6,8,13H2,1-2H3,(H,14,15,16). The molecule has 2 heterocycles. The van der Waals surface area contributed by atoms with Crippen LogP contribution < -0.4 is 16.2 Å². The van der Waals surface area contributed by atoms with E-state index < -0.39 is 0 Å². The van der Waals surface area contributed by atoms with Gasteiger partial charge in [0.2, 0.25) is 0 Å². The van der Waals surface area contributed by atoms with Gasteiger partial charge in [0.25, 0.3) is 0 Å². The number of nitrogens with one attached hydrogen (secondary N) is 1. The summed E-state index contributed by atoms with van der Waals surface area (Å²) in [5.41, 5.74) is 2.59. The van der Waals surface area contributed by atoms with E-state index in [1.54, 1.807) is 0 Å². The Kier molecular flexibility index (Phi) is 4.33. The molecule has 100 valence electrons. The van der Waals surface area contributed by atoms with Crippen LogP contribution in [0.3, 0.4) is 0 Å². The normalized spacial score (nSPS) is 19.3. The Morgan fingerprint density at radius 2 is 2.39 bits per heavy atom. The fraction of sp³-hybridized carbons (Fsp3) is 0.667. The molecule has 0 radical (unpaired) electrons. The Labute approximate surface area is 108 Å². The van der Waals surface area contributed by atoms with E-state index in [1.807, 2.05) is 13.0 Å². The van der Waals surface area contributed by atoms with Crippen molar-refractivity contribution >= 4 is 11.6 Å². The molecule has 2 rings (SSSR count). The average molecular weight is 251 g/mol. The molecule has 0 spiro atoms. The maximum absolute atomic E-state index is 5.45. The minimum absolute atomic E-state index is 0.418. The maximum Gasteiger partial charge on any atom is 0.158 e. The van der Waals surface area contributed by atoms with Crippen molar-refractivity contribution in [1.82, 2.24) is 9.97 Å². The van der Waals surface area contributed by atoms with E-state index in [-0.39, 0.29) is 0 Å². The highest BCUT2D eigenvalue weighted by molar-refractivity contribution is 5.50. The first-order valence-corrected chi connectivity index (χ1v) is 6.43. The molecule has 1 aliphatic heterocycles. The lowest BCUT2D eigenvalue weighted by molar-refractivity contribution is 0.128. The van der Waals surface area contributed by atoms with Gasteiger partial charge >= 0.3 is 0 Å². The van der Waals surface area contributed by atoms with Crippen LogP contribution in [-0.2, 0) is 11.3 Å². The van der Waals surface area contributed by atoms with E-state index in [0.29, 0.717) is 30.9 Å². The second kappa shape index (κ2) is 5.97. The second-order valence-electron chi connectivity index (χ2n) is 4.49. The van der Waals surface area contributed by atoms with Crippen LogP contribution in [0, 0.1) is 0 Å². The molecule has 1 unspecified atom stereocenters. The zero-order valence-corrected chi connectivity index (χ0v) is 11.0. The summed E-state index contributed by atoms with van der Waals surface area (Å²) >= 11 is 0. The minimum Gasteiger partial charge on any atom is -0.374 e. The highest BCUT2D eigenvalue weighted by atomic mass is 16.5. The van der Waals surface area contributed by atoms with Crippen molar-refractivity contribution < 1.29 is 4.74 Å². The molecule has 0 aliphatic carbocycles. The van der Waals surface area contributed by atoms with Gasteiger partial charge in [0, 0.05) is 25.3 Å². The molecule has 6 nitrogen and oxygen atoms in total. The first kappa shape index (κ1) is 13.0. The summed E-state index contributed by atoms with van der Waals surface area (Å²) in [6.45, 7) is 6.28. The van der Waals surface area contributed by atoms with Crippen molar-refractivity contribution in [2.24, 2.45) is 5.84 Å². The molecule has 1 saturated heterocycles. The molecule has 18 heavy (non-hydrogen) atoms. The molecule has 1 aliphatic rings. The highest BCUT2D eigenvalue weighted by Gasteiger charge is 2.22. The van der Waals surface area contributed by atoms with Gasteiger partial charge < -0.3 is 15.1 Å². The van der Waals surface area contributed by atoms with Crippen LogP contribution in [0.25, 0.3) is 0 Å². The van der Waals surface area contributed by atoms with Gasteiger partial charge in [0.05, 0.1) is 0 Å². The van der Waals surface area contributed by atoms with E-state index in [1.165, 1.54) is 12.8 Å².